The van der Waals surface area contributed by atoms with Crippen LogP contribution in [0, 0.1) is 0 Å². The standard InChI is InChI=1S/C18H11ClN2O2S2/c19-11-7-5-10(6-8-11)9-21-13-4-2-1-3-12(13)14(17(21)23)15-16(22)20-18(24)25-15/h1-8H,9H2,(H,20,22,24)/b15-14-. The maximum atomic E-state index is 13.1. The first-order chi connectivity index (χ1) is 12.0. The molecule has 0 atom stereocenters. The number of para-hydroxylation sites is 1. The normalized spacial score (nSPS) is 19.4. The van der Waals surface area contributed by atoms with E-state index >= 15 is 0 Å². The summed E-state index contributed by atoms with van der Waals surface area (Å²) in [5.41, 5.74) is 2.91. The Hall–Kier alpha value is -2.15. The van der Waals surface area contributed by atoms with Crippen molar-refractivity contribution in [2.75, 3.05) is 4.90 Å². The molecule has 0 aliphatic carbocycles. The fraction of sp³-hybridized carbons (Fsp3) is 0.0556. The predicted molar refractivity (Wildman–Crippen MR) is 104 cm³/mol. The van der Waals surface area contributed by atoms with Gasteiger partial charge in [0.05, 0.1) is 22.7 Å². The molecule has 25 heavy (non-hydrogen) atoms. The molecule has 2 aliphatic heterocycles. The van der Waals surface area contributed by atoms with Gasteiger partial charge in [0.15, 0.2) is 0 Å². The van der Waals surface area contributed by atoms with Gasteiger partial charge in [-0.15, -0.1) is 0 Å². The highest BCUT2D eigenvalue weighted by Gasteiger charge is 2.38. The van der Waals surface area contributed by atoms with Gasteiger partial charge in [-0.05, 0) is 23.8 Å². The van der Waals surface area contributed by atoms with Crippen LogP contribution < -0.4 is 10.2 Å². The topological polar surface area (TPSA) is 49.4 Å². The summed E-state index contributed by atoms with van der Waals surface area (Å²) in [6.07, 6.45) is 0. The maximum Gasteiger partial charge on any atom is 0.264 e. The number of hydrogen-bond acceptors (Lipinski definition) is 4. The highest BCUT2D eigenvalue weighted by atomic mass is 35.5. The summed E-state index contributed by atoms with van der Waals surface area (Å²) in [6, 6.07) is 14.8. The molecule has 1 saturated heterocycles. The van der Waals surface area contributed by atoms with Crippen LogP contribution in [0.3, 0.4) is 0 Å². The van der Waals surface area contributed by atoms with Gasteiger partial charge in [0.25, 0.3) is 11.8 Å². The van der Waals surface area contributed by atoms with Crippen molar-refractivity contribution in [1.82, 2.24) is 5.32 Å². The Morgan fingerprint density at radius 2 is 1.80 bits per heavy atom. The number of rotatable bonds is 2. The first-order valence-corrected chi connectivity index (χ1v) is 9.08. The highest BCUT2D eigenvalue weighted by Crippen LogP contribution is 2.43. The number of nitrogens with one attached hydrogen (secondary N) is 1. The van der Waals surface area contributed by atoms with Crippen molar-refractivity contribution >= 4 is 63.0 Å². The lowest BCUT2D eigenvalue weighted by molar-refractivity contribution is -0.116. The fourth-order valence-electron chi connectivity index (χ4n) is 2.91. The van der Waals surface area contributed by atoms with Crippen molar-refractivity contribution in [3.05, 3.63) is 69.6 Å². The summed E-state index contributed by atoms with van der Waals surface area (Å²) < 4.78 is 0.369. The molecule has 2 heterocycles. The lowest BCUT2D eigenvalue weighted by Crippen LogP contribution is -2.26. The molecule has 2 amide bonds. The lowest BCUT2D eigenvalue weighted by Gasteiger charge is -2.17. The molecule has 7 heteroatoms. The van der Waals surface area contributed by atoms with E-state index in [4.69, 9.17) is 23.8 Å². The van der Waals surface area contributed by atoms with E-state index in [9.17, 15) is 9.59 Å². The molecule has 124 valence electrons. The molecule has 4 rings (SSSR count). The van der Waals surface area contributed by atoms with E-state index in [0.29, 0.717) is 26.4 Å². The molecule has 2 aliphatic rings. The molecule has 0 aromatic heterocycles. The molecule has 1 fully saturated rings. The van der Waals surface area contributed by atoms with E-state index in [1.165, 1.54) is 0 Å². The van der Waals surface area contributed by atoms with Crippen molar-refractivity contribution in [2.45, 2.75) is 6.54 Å². The van der Waals surface area contributed by atoms with Gasteiger partial charge in [-0.1, -0.05) is 65.9 Å². The molecular formula is C18H11ClN2O2S2. The van der Waals surface area contributed by atoms with Gasteiger partial charge < -0.3 is 10.2 Å². The SMILES string of the molecule is O=C1NC(=S)S/C1=C1\C(=O)N(Cc2ccc(Cl)cc2)c2ccccc21. The molecule has 0 radical (unpaired) electrons. The van der Waals surface area contributed by atoms with E-state index < -0.39 is 0 Å². The number of anilines is 1. The number of fused-ring (bicyclic) bond motifs is 1. The van der Waals surface area contributed by atoms with Crippen molar-refractivity contribution in [1.29, 1.82) is 0 Å². The van der Waals surface area contributed by atoms with Crippen LogP contribution in [0.5, 0.6) is 0 Å². The smallest absolute Gasteiger partial charge is 0.264 e. The van der Waals surface area contributed by atoms with Gasteiger partial charge in [0.1, 0.15) is 4.32 Å². The summed E-state index contributed by atoms with van der Waals surface area (Å²) in [5.74, 6) is -0.514. The third-order valence-corrected chi connectivity index (χ3v) is 5.51. The van der Waals surface area contributed by atoms with Crippen LogP contribution in [0.1, 0.15) is 11.1 Å². The molecule has 0 saturated carbocycles. The van der Waals surface area contributed by atoms with Crippen molar-refractivity contribution in [3.8, 4) is 0 Å². The third kappa shape index (κ3) is 2.86. The van der Waals surface area contributed by atoms with Gasteiger partial charge in [0.2, 0.25) is 0 Å². The van der Waals surface area contributed by atoms with Crippen LogP contribution >= 0.6 is 35.6 Å². The van der Waals surface area contributed by atoms with Gasteiger partial charge >= 0.3 is 0 Å². The molecule has 2 aromatic carbocycles. The highest BCUT2D eigenvalue weighted by molar-refractivity contribution is 8.27. The second-order valence-corrected chi connectivity index (χ2v) is 7.71. The Morgan fingerprint density at radius 1 is 1.08 bits per heavy atom. The van der Waals surface area contributed by atoms with Gasteiger partial charge in [-0.25, -0.2) is 0 Å². The van der Waals surface area contributed by atoms with Crippen molar-refractivity contribution in [2.24, 2.45) is 0 Å². The van der Waals surface area contributed by atoms with Crippen LogP contribution in [0.15, 0.2) is 53.4 Å². The van der Waals surface area contributed by atoms with E-state index in [2.05, 4.69) is 5.32 Å². The summed E-state index contributed by atoms with van der Waals surface area (Å²) in [4.78, 5) is 27.3. The first-order valence-electron chi connectivity index (χ1n) is 7.48. The molecule has 0 unspecified atom stereocenters. The summed E-state index contributed by atoms with van der Waals surface area (Å²) in [6.45, 7) is 0.403. The lowest BCUT2D eigenvalue weighted by atomic mass is 10.1. The number of carbonyl (C=O) groups excluding carboxylic acids is 2. The van der Waals surface area contributed by atoms with E-state index in [1.807, 2.05) is 36.4 Å². The Balaban J connectivity index is 1.79. The third-order valence-electron chi connectivity index (χ3n) is 4.02. The fourth-order valence-corrected chi connectivity index (χ4v) is 4.15. The monoisotopic (exact) mass is 386 g/mol. The average molecular weight is 387 g/mol. The molecule has 2 aromatic rings. The molecule has 0 spiro atoms. The number of hydrogen-bond donors (Lipinski definition) is 1. The summed E-state index contributed by atoms with van der Waals surface area (Å²) >= 11 is 12.1. The van der Waals surface area contributed by atoms with Gasteiger partial charge in [-0.3, -0.25) is 9.59 Å². The van der Waals surface area contributed by atoms with Crippen LogP contribution in [0.25, 0.3) is 5.57 Å². The number of carbonyl (C=O) groups is 2. The van der Waals surface area contributed by atoms with Crippen LogP contribution in [0.4, 0.5) is 5.69 Å². The minimum atomic E-state index is -0.318. The summed E-state index contributed by atoms with van der Waals surface area (Å²) in [5, 5.41) is 3.22. The minimum Gasteiger partial charge on any atom is -0.307 e. The molecule has 0 bridgehead atoms. The van der Waals surface area contributed by atoms with E-state index in [1.54, 1.807) is 17.0 Å². The van der Waals surface area contributed by atoms with Crippen LogP contribution in [0.2, 0.25) is 5.02 Å². The Bertz CT molecular complexity index is 954. The second kappa shape index (κ2) is 6.29. The number of nitrogens with zero attached hydrogens (tertiary/aromatic N) is 1. The number of benzene rings is 2. The van der Waals surface area contributed by atoms with Crippen LogP contribution in [-0.4, -0.2) is 16.1 Å². The van der Waals surface area contributed by atoms with Gasteiger partial charge in [-0.2, -0.15) is 0 Å². The second-order valence-electron chi connectivity index (χ2n) is 5.58. The van der Waals surface area contributed by atoms with Crippen LogP contribution in [-0.2, 0) is 16.1 Å². The quantitative estimate of drug-likeness (QED) is 0.631. The van der Waals surface area contributed by atoms with E-state index in [0.717, 1.165) is 28.6 Å². The zero-order valence-electron chi connectivity index (χ0n) is 12.8. The summed E-state index contributed by atoms with van der Waals surface area (Å²) in [7, 11) is 0. The number of thioether (sulfide) groups is 1. The van der Waals surface area contributed by atoms with E-state index in [-0.39, 0.29) is 11.8 Å². The molecule has 1 N–H and O–H groups in total. The average Bonchev–Trinajstić information content (AvgIpc) is 3.06. The number of amides is 2. The zero-order chi connectivity index (χ0) is 17.6. The Labute approximate surface area is 158 Å². The zero-order valence-corrected chi connectivity index (χ0v) is 15.2. The van der Waals surface area contributed by atoms with Crippen molar-refractivity contribution < 1.29 is 9.59 Å². The Morgan fingerprint density at radius 3 is 2.48 bits per heavy atom. The molecule has 4 nitrogen and oxygen atoms in total. The first kappa shape index (κ1) is 16.3. The molecular weight excluding hydrogens is 376 g/mol. The van der Waals surface area contributed by atoms with Crippen molar-refractivity contribution in [3.63, 3.8) is 0 Å². The predicted octanol–water partition coefficient (Wildman–Crippen LogP) is 3.75. The number of halogens is 1. The van der Waals surface area contributed by atoms with Gasteiger partial charge in [0, 0.05) is 10.6 Å². The minimum absolute atomic E-state index is 0.196. The Kier molecular flexibility index (Phi) is 4.11. The maximum absolute atomic E-state index is 13.1. The number of thiocarbonyl (C=S) groups is 1. The largest absolute Gasteiger partial charge is 0.307 e.